The van der Waals surface area contributed by atoms with Gasteiger partial charge in [0.2, 0.25) is 0 Å². The molecular weight excluding hydrogens is 256 g/mol. The molecule has 0 saturated carbocycles. The van der Waals surface area contributed by atoms with E-state index in [-0.39, 0.29) is 5.92 Å². The van der Waals surface area contributed by atoms with E-state index in [1.165, 1.54) is 0 Å². The molecule has 0 aliphatic heterocycles. The molecule has 2 aromatic rings. The maximum absolute atomic E-state index is 11.1. The summed E-state index contributed by atoms with van der Waals surface area (Å²) in [7, 11) is 0. The zero-order chi connectivity index (χ0) is 14.3. The summed E-state index contributed by atoms with van der Waals surface area (Å²) in [5.41, 5.74) is 3.88. The standard InChI is InChI=1S/C14H18N4O2/c1-3-18-12(6-8(2)17-18)13-15-10-5-4-9(14(19)20)7-11(10)16-13/h6,9H,3-5,7H2,1-2H3,(H,15,16)(H,19,20). The first-order valence-corrected chi connectivity index (χ1v) is 6.94. The molecule has 3 rings (SSSR count). The number of H-pyrrole nitrogens is 1. The van der Waals surface area contributed by atoms with Gasteiger partial charge in [-0.15, -0.1) is 0 Å². The highest BCUT2D eigenvalue weighted by molar-refractivity contribution is 5.71. The van der Waals surface area contributed by atoms with Gasteiger partial charge in [-0.2, -0.15) is 5.10 Å². The van der Waals surface area contributed by atoms with E-state index in [0.29, 0.717) is 12.8 Å². The van der Waals surface area contributed by atoms with Gasteiger partial charge >= 0.3 is 5.97 Å². The summed E-state index contributed by atoms with van der Waals surface area (Å²) in [5.74, 6) is -0.224. The number of nitrogens with one attached hydrogen (secondary N) is 1. The van der Waals surface area contributed by atoms with Gasteiger partial charge in [-0.25, -0.2) is 4.98 Å². The number of aryl methyl sites for hydroxylation is 3. The van der Waals surface area contributed by atoms with E-state index in [1.54, 1.807) is 0 Å². The van der Waals surface area contributed by atoms with Gasteiger partial charge in [-0.3, -0.25) is 9.48 Å². The molecule has 0 aromatic carbocycles. The van der Waals surface area contributed by atoms with Gasteiger partial charge in [0.05, 0.1) is 17.3 Å². The lowest BCUT2D eigenvalue weighted by Gasteiger charge is -2.16. The number of fused-ring (bicyclic) bond motifs is 1. The predicted octanol–water partition coefficient (Wildman–Crippen LogP) is 1.79. The number of carboxylic acid groups (broad SMARTS) is 1. The van der Waals surface area contributed by atoms with Crippen LogP contribution in [0.1, 0.15) is 30.4 Å². The summed E-state index contributed by atoms with van der Waals surface area (Å²) in [5, 5.41) is 13.5. The molecule has 0 spiro atoms. The van der Waals surface area contributed by atoms with Crippen molar-refractivity contribution in [3.8, 4) is 11.5 Å². The lowest BCUT2D eigenvalue weighted by molar-refractivity contribution is -0.142. The number of nitrogens with zero attached hydrogens (tertiary/aromatic N) is 3. The Morgan fingerprint density at radius 3 is 3.10 bits per heavy atom. The van der Waals surface area contributed by atoms with Crippen molar-refractivity contribution in [2.24, 2.45) is 5.92 Å². The van der Waals surface area contributed by atoms with E-state index in [2.05, 4.69) is 15.1 Å². The van der Waals surface area contributed by atoms with Gasteiger partial charge in [0, 0.05) is 18.7 Å². The Morgan fingerprint density at radius 2 is 2.40 bits per heavy atom. The molecule has 0 saturated heterocycles. The number of aromatic nitrogens is 4. The maximum atomic E-state index is 11.1. The van der Waals surface area contributed by atoms with Crippen LogP contribution in [0.3, 0.4) is 0 Å². The van der Waals surface area contributed by atoms with E-state index in [4.69, 9.17) is 5.11 Å². The Labute approximate surface area is 116 Å². The summed E-state index contributed by atoms with van der Waals surface area (Å²) >= 11 is 0. The molecule has 20 heavy (non-hydrogen) atoms. The van der Waals surface area contributed by atoms with Crippen molar-refractivity contribution in [2.45, 2.75) is 39.7 Å². The van der Waals surface area contributed by atoms with Gasteiger partial charge in [-0.1, -0.05) is 0 Å². The number of carboxylic acids is 1. The molecule has 0 amide bonds. The minimum absolute atomic E-state index is 0.298. The van der Waals surface area contributed by atoms with Gasteiger partial charge < -0.3 is 10.1 Å². The third kappa shape index (κ3) is 2.11. The van der Waals surface area contributed by atoms with Crippen LogP contribution in [-0.2, 0) is 24.2 Å². The Hall–Kier alpha value is -2.11. The van der Waals surface area contributed by atoms with Crippen LogP contribution < -0.4 is 0 Å². The lowest BCUT2D eigenvalue weighted by Crippen LogP contribution is -2.22. The predicted molar refractivity (Wildman–Crippen MR) is 73.4 cm³/mol. The second-order valence-electron chi connectivity index (χ2n) is 5.28. The first-order valence-electron chi connectivity index (χ1n) is 6.94. The Bertz CT molecular complexity index is 656. The fourth-order valence-electron chi connectivity index (χ4n) is 2.79. The maximum Gasteiger partial charge on any atom is 0.306 e. The highest BCUT2D eigenvalue weighted by atomic mass is 16.4. The van der Waals surface area contributed by atoms with Crippen molar-refractivity contribution in [3.63, 3.8) is 0 Å². The third-order valence-electron chi connectivity index (χ3n) is 3.84. The van der Waals surface area contributed by atoms with Crippen LogP contribution in [0.5, 0.6) is 0 Å². The van der Waals surface area contributed by atoms with Gasteiger partial charge in [0.1, 0.15) is 5.69 Å². The number of aromatic amines is 1. The Balaban J connectivity index is 1.96. The summed E-state index contributed by atoms with van der Waals surface area (Å²) in [6, 6.07) is 2.00. The van der Waals surface area contributed by atoms with Gasteiger partial charge in [-0.05, 0) is 32.8 Å². The average molecular weight is 274 g/mol. The van der Waals surface area contributed by atoms with Crippen LogP contribution in [0.2, 0.25) is 0 Å². The fourth-order valence-corrected chi connectivity index (χ4v) is 2.79. The molecule has 2 N–H and O–H groups in total. The quantitative estimate of drug-likeness (QED) is 0.893. The van der Waals surface area contributed by atoms with Crippen LogP contribution in [-0.4, -0.2) is 30.8 Å². The molecule has 6 heteroatoms. The number of hydrogen-bond donors (Lipinski definition) is 2. The second kappa shape index (κ2) is 4.77. The van der Waals surface area contributed by atoms with Crippen molar-refractivity contribution in [2.75, 3.05) is 0 Å². The summed E-state index contributed by atoms with van der Waals surface area (Å²) in [6.45, 7) is 4.78. The van der Waals surface area contributed by atoms with Gasteiger partial charge in [0.15, 0.2) is 5.82 Å². The molecule has 6 nitrogen and oxygen atoms in total. The smallest absolute Gasteiger partial charge is 0.306 e. The molecule has 1 aliphatic carbocycles. The molecule has 0 radical (unpaired) electrons. The first kappa shape index (κ1) is 12.9. The number of hydrogen-bond acceptors (Lipinski definition) is 3. The van der Waals surface area contributed by atoms with Gasteiger partial charge in [0.25, 0.3) is 0 Å². The Kier molecular flexibility index (Phi) is 3.08. The largest absolute Gasteiger partial charge is 0.481 e. The minimum atomic E-state index is -0.721. The monoisotopic (exact) mass is 274 g/mol. The molecule has 0 bridgehead atoms. The normalized spacial score (nSPS) is 18.0. The first-order chi connectivity index (χ1) is 9.58. The second-order valence-corrected chi connectivity index (χ2v) is 5.28. The molecule has 2 aromatic heterocycles. The third-order valence-corrected chi connectivity index (χ3v) is 3.84. The number of carbonyl (C=O) groups is 1. The molecule has 0 fully saturated rings. The fraction of sp³-hybridized carbons (Fsp3) is 0.500. The summed E-state index contributed by atoms with van der Waals surface area (Å²) in [4.78, 5) is 19.0. The topological polar surface area (TPSA) is 83.8 Å². The van der Waals surface area contributed by atoms with E-state index >= 15 is 0 Å². The van der Waals surface area contributed by atoms with Crippen molar-refractivity contribution in [1.29, 1.82) is 0 Å². The molecular formula is C14H18N4O2. The van der Waals surface area contributed by atoms with E-state index < -0.39 is 5.97 Å². The van der Waals surface area contributed by atoms with Crippen LogP contribution in [0.15, 0.2) is 6.07 Å². The molecule has 106 valence electrons. The van der Waals surface area contributed by atoms with Crippen LogP contribution in [0.4, 0.5) is 0 Å². The zero-order valence-corrected chi connectivity index (χ0v) is 11.7. The van der Waals surface area contributed by atoms with E-state index in [0.717, 1.165) is 41.6 Å². The van der Waals surface area contributed by atoms with Crippen molar-refractivity contribution in [1.82, 2.24) is 19.7 Å². The number of imidazole rings is 1. The highest BCUT2D eigenvalue weighted by Gasteiger charge is 2.27. The Morgan fingerprint density at radius 1 is 1.60 bits per heavy atom. The lowest BCUT2D eigenvalue weighted by atomic mass is 9.90. The molecule has 1 aliphatic rings. The minimum Gasteiger partial charge on any atom is -0.481 e. The van der Waals surface area contributed by atoms with Crippen molar-refractivity contribution < 1.29 is 9.90 Å². The van der Waals surface area contributed by atoms with Crippen LogP contribution in [0, 0.1) is 12.8 Å². The zero-order valence-electron chi connectivity index (χ0n) is 11.7. The average Bonchev–Trinajstić information content (AvgIpc) is 3.00. The van der Waals surface area contributed by atoms with E-state index in [1.807, 2.05) is 24.6 Å². The molecule has 1 unspecified atom stereocenters. The SMILES string of the molecule is CCn1nc(C)cc1-c1nc2c([nH]1)CC(C(=O)O)CC2. The van der Waals surface area contributed by atoms with Crippen molar-refractivity contribution >= 4 is 5.97 Å². The summed E-state index contributed by atoms with van der Waals surface area (Å²) in [6.07, 6.45) is 1.93. The van der Waals surface area contributed by atoms with Crippen LogP contribution in [0.25, 0.3) is 11.5 Å². The van der Waals surface area contributed by atoms with E-state index in [9.17, 15) is 4.79 Å². The number of aliphatic carboxylic acids is 1. The molecule has 1 atom stereocenters. The van der Waals surface area contributed by atoms with Crippen LogP contribution >= 0.6 is 0 Å². The molecule has 2 heterocycles. The summed E-state index contributed by atoms with van der Waals surface area (Å²) < 4.78 is 1.91. The van der Waals surface area contributed by atoms with Crippen molar-refractivity contribution in [3.05, 3.63) is 23.1 Å². The number of rotatable bonds is 3. The highest BCUT2D eigenvalue weighted by Crippen LogP contribution is 2.27.